The maximum atomic E-state index is 12.6. The number of nitrogens with zero attached hydrogens (tertiary/aromatic N) is 6. The molecule has 0 radical (unpaired) electrons. The van der Waals surface area contributed by atoms with Crippen LogP contribution in [0.25, 0.3) is 0 Å². The van der Waals surface area contributed by atoms with Crippen LogP contribution in [-0.2, 0) is 4.74 Å². The van der Waals surface area contributed by atoms with Gasteiger partial charge in [-0.15, -0.1) is 0 Å². The van der Waals surface area contributed by atoms with E-state index in [-0.39, 0.29) is 12.0 Å². The van der Waals surface area contributed by atoms with Gasteiger partial charge in [0.2, 0.25) is 5.95 Å². The highest BCUT2D eigenvalue weighted by atomic mass is 16.5. The lowest BCUT2D eigenvalue weighted by Crippen LogP contribution is -2.49. The van der Waals surface area contributed by atoms with Gasteiger partial charge in [-0.1, -0.05) is 0 Å². The van der Waals surface area contributed by atoms with Crippen molar-refractivity contribution in [3.63, 3.8) is 0 Å². The smallest absolute Gasteiger partial charge is 0.255 e. The predicted octanol–water partition coefficient (Wildman–Crippen LogP) is 0.634. The van der Waals surface area contributed by atoms with Gasteiger partial charge in [-0.3, -0.25) is 4.79 Å². The molecule has 2 aromatic rings. The van der Waals surface area contributed by atoms with E-state index in [4.69, 9.17) is 4.74 Å². The molecular weight excluding hydrogens is 320 g/mol. The van der Waals surface area contributed by atoms with Gasteiger partial charge in [0, 0.05) is 44.5 Å². The minimum absolute atomic E-state index is 0.00977. The Morgan fingerprint density at radius 2 is 2.00 bits per heavy atom. The van der Waals surface area contributed by atoms with Crippen LogP contribution in [0.1, 0.15) is 16.8 Å². The summed E-state index contributed by atoms with van der Waals surface area (Å²) < 4.78 is 6.06. The number of carbonyl (C=O) groups excluding carboxylic acids is 1. The number of fused-ring (bicyclic) bond motifs is 1. The first-order chi connectivity index (χ1) is 12.3. The molecule has 130 valence electrons. The van der Waals surface area contributed by atoms with E-state index in [1.54, 1.807) is 24.7 Å². The average molecular weight is 340 g/mol. The van der Waals surface area contributed by atoms with Gasteiger partial charge in [-0.05, 0) is 18.6 Å². The third kappa shape index (κ3) is 3.43. The zero-order valence-corrected chi connectivity index (χ0v) is 13.9. The summed E-state index contributed by atoms with van der Waals surface area (Å²) >= 11 is 0. The van der Waals surface area contributed by atoms with Crippen molar-refractivity contribution < 1.29 is 9.53 Å². The van der Waals surface area contributed by atoms with Crippen molar-refractivity contribution in [2.45, 2.75) is 12.5 Å². The summed E-state index contributed by atoms with van der Waals surface area (Å²) in [5.41, 5.74) is 0.571. The Bertz CT molecular complexity index is 714. The van der Waals surface area contributed by atoms with E-state index in [1.165, 1.54) is 6.20 Å². The SMILES string of the molecule is O=C(c1ccnnc1)N1CC[C@@H]2CN(c3ncccn3)CCO[C@H]2C1. The van der Waals surface area contributed by atoms with E-state index in [2.05, 4.69) is 25.1 Å². The molecule has 0 aliphatic carbocycles. The molecule has 0 spiro atoms. The highest BCUT2D eigenvalue weighted by Crippen LogP contribution is 2.26. The van der Waals surface area contributed by atoms with Crippen molar-refractivity contribution >= 4 is 11.9 Å². The quantitative estimate of drug-likeness (QED) is 0.793. The second-order valence-corrected chi connectivity index (χ2v) is 6.34. The van der Waals surface area contributed by atoms with Crippen LogP contribution in [-0.4, -0.2) is 69.9 Å². The van der Waals surface area contributed by atoms with Gasteiger partial charge in [0.05, 0.1) is 30.7 Å². The van der Waals surface area contributed by atoms with Crippen LogP contribution in [0.3, 0.4) is 0 Å². The minimum Gasteiger partial charge on any atom is -0.374 e. The Morgan fingerprint density at radius 3 is 2.80 bits per heavy atom. The molecule has 0 saturated carbocycles. The molecule has 4 heterocycles. The Hall–Kier alpha value is -2.61. The maximum absolute atomic E-state index is 12.6. The third-order valence-corrected chi connectivity index (χ3v) is 4.80. The van der Waals surface area contributed by atoms with Crippen LogP contribution in [0.2, 0.25) is 0 Å². The highest BCUT2D eigenvalue weighted by molar-refractivity contribution is 5.93. The molecule has 4 rings (SSSR count). The molecular formula is C17H20N6O2. The molecule has 0 bridgehead atoms. The van der Waals surface area contributed by atoms with Crippen LogP contribution in [0.15, 0.2) is 36.9 Å². The lowest BCUT2D eigenvalue weighted by molar-refractivity contribution is -0.0169. The summed E-state index contributed by atoms with van der Waals surface area (Å²) in [5, 5.41) is 7.52. The van der Waals surface area contributed by atoms with Crippen LogP contribution < -0.4 is 4.90 Å². The lowest BCUT2D eigenvalue weighted by atomic mass is 9.93. The zero-order chi connectivity index (χ0) is 17.1. The molecule has 8 nitrogen and oxygen atoms in total. The van der Waals surface area contributed by atoms with E-state index in [1.807, 2.05) is 11.0 Å². The van der Waals surface area contributed by atoms with Crippen molar-refractivity contribution in [3.05, 3.63) is 42.5 Å². The number of hydrogen-bond acceptors (Lipinski definition) is 7. The van der Waals surface area contributed by atoms with E-state index >= 15 is 0 Å². The molecule has 2 aliphatic rings. The van der Waals surface area contributed by atoms with Crippen molar-refractivity contribution in [3.8, 4) is 0 Å². The summed E-state index contributed by atoms with van der Waals surface area (Å²) in [6, 6.07) is 3.52. The van der Waals surface area contributed by atoms with Crippen LogP contribution in [0, 0.1) is 5.92 Å². The molecule has 25 heavy (non-hydrogen) atoms. The summed E-state index contributed by atoms with van der Waals surface area (Å²) in [4.78, 5) is 25.3. The number of rotatable bonds is 2. The average Bonchev–Trinajstić information content (AvgIpc) is 2.90. The fraction of sp³-hybridized carbons (Fsp3) is 0.471. The van der Waals surface area contributed by atoms with Gasteiger partial charge in [-0.2, -0.15) is 10.2 Å². The number of ether oxygens (including phenoxy) is 1. The van der Waals surface area contributed by atoms with E-state index in [0.717, 1.165) is 32.0 Å². The summed E-state index contributed by atoms with van der Waals surface area (Å²) in [6.07, 6.45) is 7.52. The number of amides is 1. The highest BCUT2D eigenvalue weighted by Gasteiger charge is 2.35. The monoisotopic (exact) mass is 340 g/mol. The summed E-state index contributed by atoms with van der Waals surface area (Å²) in [7, 11) is 0. The maximum Gasteiger partial charge on any atom is 0.255 e. The van der Waals surface area contributed by atoms with E-state index in [9.17, 15) is 4.79 Å². The van der Waals surface area contributed by atoms with Gasteiger partial charge in [-0.25, -0.2) is 9.97 Å². The topological polar surface area (TPSA) is 84.3 Å². The van der Waals surface area contributed by atoms with Crippen molar-refractivity contribution in [2.24, 2.45) is 5.92 Å². The zero-order valence-electron chi connectivity index (χ0n) is 13.9. The molecule has 2 aliphatic heterocycles. The van der Waals surface area contributed by atoms with Crippen molar-refractivity contribution in [2.75, 3.05) is 37.7 Å². The molecule has 2 fully saturated rings. The molecule has 2 atom stereocenters. The van der Waals surface area contributed by atoms with Crippen molar-refractivity contribution in [1.82, 2.24) is 25.1 Å². The Morgan fingerprint density at radius 1 is 1.12 bits per heavy atom. The number of carbonyl (C=O) groups is 1. The summed E-state index contributed by atoms with van der Waals surface area (Å²) in [6.45, 7) is 3.55. The number of piperidine rings is 1. The van der Waals surface area contributed by atoms with Crippen molar-refractivity contribution in [1.29, 1.82) is 0 Å². The molecule has 8 heteroatoms. The molecule has 2 aromatic heterocycles. The van der Waals surface area contributed by atoms with Gasteiger partial charge in [0.15, 0.2) is 0 Å². The van der Waals surface area contributed by atoms with Gasteiger partial charge in [0.25, 0.3) is 5.91 Å². The standard InChI is InChI=1S/C17H20N6O2/c24-16(13-2-6-20-21-10-13)22-7-3-14-11-23(8-9-25-15(14)12-22)17-18-4-1-5-19-17/h1-2,4-6,10,14-15H,3,7-9,11-12H2/t14-,15+/m1/s1. The van der Waals surface area contributed by atoms with Crippen LogP contribution >= 0.6 is 0 Å². The molecule has 0 N–H and O–H groups in total. The molecule has 1 amide bonds. The molecule has 0 aromatic carbocycles. The number of likely N-dealkylation sites (tertiary alicyclic amines) is 1. The fourth-order valence-electron chi connectivity index (χ4n) is 3.47. The molecule has 2 saturated heterocycles. The number of anilines is 1. The number of hydrogen-bond donors (Lipinski definition) is 0. The third-order valence-electron chi connectivity index (χ3n) is 4.80. The normalized spacial score (nSPS) is 23.7. The van der Waals surface area contributed by atoms with Gasteiger partial charge < -0.3 is 14.5 Å². The first-order valence-electron chi connectivity index (χ1n) is 8.51. The largest absolute Gasteiger partial charge is 0.374 e. The predicted molar refractivity (Wildman–Crippen MR) is 90.0 cm³/mol. The van der Waals surface area contributed by atoms with Gasteiger partial charge in [0.1, 0.15) is 0 Å². The summed E-state index contributed by atoms with van der Waals surface area (Å²) in [5.74, 6) is 1.10. The minimum atomic E-state index is -0.00977. The second-order valence-electron chi connectivity index (χ2n) is 6.34. The Balaban J connectivity index is 1.44. The van der Waals surface area contributed by atoms with Crippen LogP contribution in [0.5, 0.6) is 0 Å². The lowest BCUT2D eigenvalue weighted by Gasteiger charge is -2.38. The second kappa shape index (κ2) is 7.10. The Labute approximate surface area is 145 Å². The first-order valence-corrected chi connectivity index (χ1v) is 8.51. The fourth-order valence-corrected chi connectivity index (χ4v) is 3.47. The van der Waals surface area contributed by atoms with E-state index < -0.39 is 0 Å². The molecule has 0 unspecified atom stereocenters. The van der Waals surface area contributed by atoms with Gasteiger partial charge >= 0.3 is 0 Å². The first kappa shape index (κ1) is 15.9. The number of aromatic nitrogens is 4. The van der Waals surface area contributed by atoms with E-state index in [0.29, 0.717) is 24.6 Å². The van der Waals surface area contributed by atoms with Crippen LogP contribution in [0.4, 0.5) is 5.95 Å². The Kier molecular flexibility index (Phi) is 4.51.